The Hall–Kier alpha value is -2.44. The fraction of sp³-hybridized carbons (Fsp3) is 0.286. The minimum absolute atomic E-state index is 0.224. The van der Waals surface area contributed by atoms with E-state index in [1.807, 2.05) is 62.7 Å². The summed E-state index contributed by atoms with van der Waals surface area (Å²) in [6.45, 7) is 8.47. The van der Waals surface area contributed by atoms with Gasteiger partial charge in [0.25, 0.3) is 0 Å². The highest BCUT2D eigenvalue weighted by atomic mass is 32.2. The number of hydrogen-bond acceptors (Lipinski definition) is 3. The summed E-state index contributed by atoms with van der Waals surface area (Å²) in [6.07, 6.45) is 0. The Labute approximate surface area is 161 Å². The van der Waals surface area contributed by atoms with Crippen LogP contribution in [0.5, 0.6) is 0 Å². The molecule has 0 saturated carbocycles. The molecule has 3 aromatic rings. The number of sulfonamides is 1. The van der Waals surface area contributed by atoms with Gasteiger partial charge in [0.1, 0.15) is 0 Å². The van der Waals surface area contributed by atoms with E-state index in [1.54, 1.807) is 6.07 Å². The molecule has 0 fully saturated rings. The molecule has 0 aliphatic carbocycles. The summed E-state index contributed by atoms with van der Waals surface area (Å²) in [5.41, 5.74) is 5.54. The molecule has 0 amide bonds. The number of rotatable bonds is 6. The van der Waals surface area contributed by atoms with Gasteiger partial charge in [-0.05, 0) is 50.5 Å². The molecule has 0 unspecified atom stereocenters. The molecule has 5 nitrogen and oxygen atoms in total. The van der Waals surface area contributed by atoms with Crippen LogP contribution >= 0.6 is 0 Å². The fourth-order valence-corrected chi connectivity index (χ4v) is 4.46. The fourth-order valence-electron chi connectivity index (χ4n) is 3.14. The first-order valence-corrected chi connectivity index (χ1v) is 10.4. The molecule has 0 aliphatic heterocycles. The van der Waals surface area contributed by atoms with Crippen LogP contribution in [0.15, 0.2) is 53.4 Å². The van der Waals surface area contributed by atoms with E-state index in [4.69, 9.17) is 0 Å². The van der Waals surface area contributed by atoms with Gasteiger partial charge >= 0.3 is 0 Å². The van der Waals surface area contributed by atoms with Crippen LogP contribution in [0.25, 0.3) is 0 Å². The average Bonchev–Trinajstić information content (AvgIpc) is 2.89. The minimum Gasteiger partial charge on any atom is -0.265 e. The zero-order valence-electron chi connectivity index (χ0n) is 16.2. The highest BCUT2D eigenvalue weighted by Gasteiger charge is 2.19. The van der Waals surface area contributed by atoms with Gasteiger partial charge in [-0.15, -0.1) is 0 Å². The first kappa shape index (κ1) is 19.3. The standard InChI is InChI=1S/C21H25N3O2S/c1-15-10-11-16(2)21(12-15)27(25,26)22-13-20-17(3)23-24(18(20)4)14-19-8-6-5-7-9-19/h5-12,22H,13-14H2,1-4H3. The highest BCUT2D eigenvalue weighted by molar-refractivity contribution is 7.89. The van der Waals surface area contributed by atoms with Crippen LogP contribution in [0, 0.1) is 27.7 Å². The number of benzene rings is 2. The lowest BCUT2D eigenvalue weighted by Crippen LogP contribution is -2.24. The van der Waals surface area contributed by atoms with Gasteiger partial charge in [-0.3, -0.25) is 4.68 Å². The molecule has 1 heterocycles. The molecule has 27 heavy (non-hydrogen) atoms. The normalized spacial score (nSPS) is 11.7. The smallest absolute Gasteiger partial charge is 0.241 e. The molecule has 0 spiro atoms. The predicted molar refractivity (Wildman–Crippen MR) is 107 cm³/mol. The van der Waals surface area contributed by atoms with Crippen LogP contribution in [-0.4, -0.2) is 18.2 Å². The lowest BCUT2D eigenvalue weighted by molar-refractivity contribution is 0.580. The number of nitrogens with one attached hydrogen (secondary N) is 1. The first-order valence-electron chi connectivity index (χ1n) is 8.91. The molecule has 2 aromatic carbocycles. The zero-order valence-corrected chi connectivity index (χ0v) is 17.0. The van der Waals surface area contributed by atoms with Crippen molar-refractivity contribution in [1.29, 1.82) is 0 Å². The summed E-state index contributed by atoms with van der Waals surface area (Å²) in [5.74, 6) is 0. The Bertz CT molecular complexity index is 1050. The molecule has 6 heteroatoms. The van der Waals surface area contributed by atoms with E-state index in [-0.39, 0.29) is 6.54 Å². The number of aromatic nitrogens is 2. The second-order valence-corrected chi connectivity index (χ2v) is 8.62. The Morgan fingerprint density at radius 1 is 1.00 bits per heavy atom. The Kier molecular flexibility index (Phi) is 5.48. The second-order valence-electron chi connectivity index (χ2n) is 6.89. The van der Waals surface area contributed by atoms with E-state index in [1.165, 1.54) is 0 Å². The zero-order chi connectivity index (χ0) is 19.6. The van der Waals surface area contributed by atoms with Crippen molar-refractivity contribution in [2.45, 2.75) is 45.7 Å². The molecule has 0 aliphatic rings. The SMILES string of the molecule is Cc1ccc(C)c(S(=O)(=O)NCc2c(C)nn(Cc3ccccc3)c2C)c1. The van der Waals surface area contributed by atoms with E-state index in [2.05, 4.69) is 22.0 Å². The van der Waals surface area contributed by atoms with Gasteiger partial charge in [0, 0.05) is 17.8 Å². The van der Waals surface area contributed by atoms with Crippen molar-refractivity contribution in [1.82, 2.24) is 14.5 Å². The number of hydrogen-bond donors (Lipinski definition) is 1. The molecule has 0 atom stereocenters. The Morgan fingerprint density at radius 3 is 2.41 bits per heavy atom. The Morgan fingerprint density at radius 2 is 1.70 bits per heavy atom. The summed E-state index contributed by atoms with van der Waals surface area (Å²) in [4.78, 5) is 0.328. The van der Waals surface area contributed by atoms with Gasteiger partial charge in [0.15, 0.2) is 0 Å². The maximum atomic E-state index is 12.8. The summed E-state index contributed by atoms with van der Waals surface area (Å²) in [7, 11) is -3.58. The number of aryl methyl sites for hydroxylation is 3. The summed E-state index contributed by atoms with van der Waals surface area (Å²) in [6, 6.07) is 15.5. The molecule has 0 saturated heterocycles. The van der Waals surface area contributed by atoms with Crippen LogP contribution in [0.3, 0.4) is 0 Å². The summed E-state index contributed by atoms with van der Waals surface area (Å²) in [5, 5.41) is 4.59. The lowest BCUT2D eigenvalue weighted by Gasteiger charge is -2.11. The molecular weight excluding hydrogens is 358 g/mol. The maximum Gasteiger partial charge on any atom is 0.241 e. The van der Waals surface area contributed by atoms with E-state index in [9.17, 15) is 8.42 Å². The third-order valence-electron chi connectivity index (χ3n) is 4.78. The molecule has 1 N–H and O–H groups in total. The van der Waals surface area contributed by atoms with Gasteiger partial charge < -0.3 is 0 Å². The van der Waals surface area contributed by atoms with Crippen LogP contribution < -0.4 is 4.72 Å². The van der Waals surface area contributed by atoms with Crippen LogP contribution in [-0.2, 0) is 23.1 Å². The van der Waals surface area contributed by atoms with Gasteiger partial charge in [-0.1, -0.05) is 42.5 Å². The van der Waals surface area contributed by atoms with Crippen molar-refractivity contribution in [3.63, 3.8) is 0 Å². The summed E-state index contributed by atoms with van der Waals surface area (Å²) < 4.78 is 30.2. The van der Waals surface area contributed by atoms with Crippen molar-refractivity contribution in [2.24, 2.45) is 0 Å². The van der Waals surface area contributed by atoms with Gasteiger partial charge in [0.2, 0.25) is 10.0 Å². The van der Waals surface area contributed by atoms with Crippen molar-refractivity contribution in [3.8, 4) is 0 Å². The molecule has 0 radical (unpaired) electrons. The minimum atomic E-state index is -3.58. The lowest BCUT2D eigenvalue weighted by atomic mass is 10.2. The van der Waals surface area contributed by atoms with Crippen LogP contribution in [0.4, 0.5) is 0 Å². The van der Waals surface area contributed by atoms with Crippen LogP contribution in [0.1, 0.15) is 33.6 Å². The van der Waals surface area contributed by atoms with E-state index in [0.717, 1.165) is 33.6 Å². The van der Waals surface area contributed by atoms with Crippen molar-refractivity contribution >= 4 is 10.0 Å². The van der Waals surface area contributed by atoms with Crippen molar-refractivity contribution in [2.75, 3.05) is 0 Å². The molecular formula is C21H25N3O2S. The maximum absolute atomic E-state index is 12.8. The summed E-state index contributed by atoms with van der Waals surface area (Å²) >= 11 is 0. The van der Waals surface area contributed by atoms with Gasteiger partial charge in [-0.25, -0.2) is 13.1 Å². The molecule has 3 rings (SSSR count). The molecule has 1 aromatic heterocycles. The molecule has 142 valence electrons. The second kappa shape index (κ2) is 7.66. The topological polar surface area (TPSA) is 64.0 Å². The molecule has 0 bridgehead atoms. The monoisotopic (exact) mass is 383 g/mol. The van der Waals surface area contributed by atoms with Crippen LogP contribution in [0.2, 0.25) is 0 Å². The van der Waals surface area contributed by atoms with Gasteiger partial charge in [-0.2, -0.15) is 5.10 Å². The van der Waals surface area contributed by atoms with Crippen molar-refractivity contribution in [3.05, 3.63) is 82.2 Å². The van der Waals surface area contributed by atoms with E-state index in [0.29, 0.717) is 11.4 Å². The third kappa shape index (κ3) is 4.28. The Balaban J connectivity index is 1.81. The predicted octanol–water partition coefficient (Wildman–Crippen LogP) is 3.64. The van der Waals surface area contributed by atoms with E-state index < -0.39 is 10.0 Å². The van der Waals surface area contributed by atoms with Crippen molar-refractivity contribution < 1.29 is 8.42 Å². The number of nitrogens with zero attached hydrogens (tertiary/aromatic N) is 2. The highest BCUT2D eigenvalue weighted by Crippen LogP contribution is 2.19. The third-order valence-corrected chi connectivity index (χ3v) is 6.32. The van der Waals surface area contributed by atoms with Gasteiger partial charge in [0.05, 0.1) is 17.1 Å². The van der Waals surface area contributed by atoms with E-state index >= 15 is 0 Å². The first-order chi connectivity index (χ1) is 12.8. The largest absolute Gasteiger partial charge is 0.265 e. The quantitative estimate of drug-likeness (QED) is 0.707. The average molecular weight is 384 g/mol.